The number of rotatable bonds is 2. The summed E-state index contributed by atoms with van der Waals surface area (Å²) in [5.41, 5.74) is 2.09. The predicted molar refractivity (Wildman–Crippen MR) is 93.6 cm³/mol. The van der Waals surface area contributed by atoms with Crippen molar-refractivity contribution in [2.75, 3.05) is 0 Å². The van der Waals surface area contributed by atoms with Crippen molar-refractivity contribution in [2.45, 2.75) is 52.4 Å². The van der Waals surface area contributed by atoms with Crippen LogP contribution in [-0.4, -0.2) is 20.3 Å². The van der Waals surface area contributed by atoms with E-state index in [1.54, 1.807) is 6.08 Å². The molecule has 5 heteroatoms. The largest absolute Gasteiger partial charge is 0.507 e. The van der Waals surface area contributed by atoms with E-state index in [2.05, 4.69) is 56.7 Å². The summed E-state index contributed by atoms with van der Waals surface area (Å²) in [6.07, 6.45) is 3.62. The molecule has 3 N–H and O–H groups in total. The minimum absolute atomic E-state index is 0.172. The number of aromatic amines is 2. The summed E-state index contributed by atoms with van der Waals surface area (Å²) >= 11 is 0. The van der Waals surface area contributed by atoms with Crippen LogP contribution in [0.1, 0.15) is 64.1 Å². The van der Waals surface area contributed by atoms with Crippen molar-refractivity contribution in [3.05, 3.63) is 45.1 Å². The Hall–Kier alpha value is -2.30. The van der Waals surface area contributed by atoms with Crippen molar-refractivity contribution in [2.24, 2.45) is 0 Å². The molecular formula is C18H25N3O2. The van der Waals surface area contributed by atoms with Crippen molar-refractivity contribution >= 4 is 12.2 Å². The lowest BCUT2D eigenvalue weighted by Crippen LogP contribution is -2.17. The zero-order valence-electron chi connectivity index (χ0n) is 14.6. The molecule has 0 atom stereocenters. The fraction of sp³-hybridized carbons (Fsp3) is 0.444. The van der Waals surface area contributed by atoms with E-state index in [1.165, 1.54) is 0 Å². The maximum absolute atomic E-state index is 11.1. The smallest absolute Gasteiger partial charge is 0.340 e. The summed E-state index contributed by atoms with van der Waals surface area (Å²) in [7, 11) is 0. The van der Waals surface area contributed by atoms with Gasteiger partial charge in [-0.15, -0.1) is 0 Å². The molecular weight excluding hydrogens is 290 g/mol. The van der Waals surface area contributed by atoms with Crippen LogP contribution >= 0.6 is 0 Å². The second-order valence-electron chi connectivity index (χ2n) is 7.86. The number of aromatic nitrogens is 3. The molecule has 0 unspecified atom stereocenters. The van der Waals surface area contributed by atoms with Gasteiger partial charge in [-0.1, -0.05) is 47.6 Å². The number of aromatic hydroxyl groups is 1. The van der Waals surface area contributed by atoms with Gasteiger partial charge in [-0.25, -0.2) is 9.89 Å². The van der Waals surface area contributed by atoms with Crippen LogP contribution in [-0.2, 0) is 10.8 Å². The number of nitrogens with one attached hydrogen (secondary N) is 2. The monoisotopic (exact) mass is 315 g/mol. The molecule has 0 amide bonds. The first kappa shape index (κ1) is 17.1. The maximum Gasteiger partial charge on any atom is 0.340 e. The summed E-state index contributed by atoms with van der Waals surface area (Å²) in [5.74, 6) is 0.827. The van der Waals surface area contributed by atoms with Crippen LogP contribution in [0.3, 0.4) is 0 Å². The second-order valence-corrected chi connectivity index (χ2v) is 7.86. The molecule has 0 aliphatic carbocycles. The molecule has 124 valence electrons. The fourth-order valence-corrected chi connectivity index (χ4v) is 2.43. The molecule has 2 aromatic rings. The van der Waals surface area contributed by atoms with Gasteiger partial charge in [-0.2, -0.15) is 5.10 Å². The van der Waals surface area contributed by atoms with Gasteiger partial charge >= 0.3 is 5.69 Å². The average Bonchev–Trinajstić information content (AvgIpc) is 2.80. The Balaban J connectivity index is 2.56. The molecule has 1 aromatic heterocycles. The average molecular weight is 315 g/mol. The summed E-state index contributed by atoms with van der Waals surface area (Å²) in [6, 6.07) is 3.96. The van der Waals surface area contributed by atoms with Gasteiger partial charge in [0, 0.05) is 11.1 Å². The number of benzene rings is 1. The molecule has 0 aliphatic heterocycles. The van der Waals surface area contributed by atoms with Gasteiger partial charge in [-0.05, 0) is 34.6 Å². The van der Waals surface area contributed by atoms with E-state index in [0.717, 1.165) is 16.7 Å². The molecule has 5 nitrogen and oxygen atoms in total. The van der Waals surface area contributed by atoms with Crippen molar-refractivity contribution in [1.29, 1.82) is 0 Å². The van der Waals surface area contributed by atoms with Crippen LogP contribution in [0.25, 0.3) is 12.2 Å². The van der Waals surface area contributed by atoms with E-state index in [-0.39, 0.29) is 16.5 Å². The van der Waals surface area contributed by atoms with E-state index in [0.29, 0.717) is 11.6 Å². The molecule has 0 radical (unpaired) electrons. The number of hydrogen-bond acceptors (Lipinski definition) is 3. The van der Waals surface area contributed by atoms with Crippen molar-refractivity contribution in [3.8, 4) is 5.75 Å². The second kappa shape index (κ2) is 5.72. The molecule has 1 heterocycles. The first-order valence-electron chi connectivity index (χ1n) is 7.69. The topological polar surface area (TPSA) is 81.8 Å². The highest BCUT2D eigenvalue weighted by Crippen LogP contribution is 2.40. The first-order chi connectivity index (χ1) is 10.5. The summed E-state index contributed by atoms with van der Waals surface area (Å²) in [5, 5.41) is 16.9. The molecule has 2 rings (SSSR count). The minimum Gasteiger partial charge on any atom is -0.507 e. The number of phenolic OH excluding ortho intramolecular Hbond substituents is 1. The fourth-order valence-electron chi connectivity index (χ4n) is 2.43. The Bertz CT molecular complexity index is 749. The van der Waals surface area contributed by atoms with Gasteiger partial charge in [0.2, 0.25) is 0 Å². The summed E-state index contributed by atoms with van der Waals surface area (Å²) in [4.78, 5) is 13.7. The van der Waals surface area contributed by atoms with E-state index in [1.807, 2.05) is 18.2 Å². The Labute approximate surface area is 136 Å². The Morgan fingerprint density at radius 2 is 1.52 bits per heavy atom. The maximum atomic E-state index is 11.1. The zero-order valence-corrected chi connectivity index (χ0v) is 14.6. The summed E-state index contributed by atoms with van der Waals surface area (Å²) < 4.78 is 0. The highest BCUT2D eigenvalue weighted by molar-refractivity contribution is 5.69. The van der Waals surface area contributed by atoms with Gasteiger partial charge in [0.05, 0.1) is 0 Å². The third-order valence-electron chi connectivity index (χ3n) is 3.70. The van der Waals surface area contributed by atoms with E-state index >= 15 is 0 Å². The van der Waals surface area contributed by atoms with Gasteiger partial charge < -0.3 is 5.11 Å². The first-order valence-corrected chi connectivity index (χ1v) is 7.69. The molecule has 0 spiro atoms. The molecule has 0 fully saturated rings. The number of nitrogens with zero attached hydrogens (tertiary/aromatic N) is 1. The van der Waals surface area contributed by atoms with Crippen LogP contribution in [0.2, 0.25) is 0 Å². The lowest BCUT2D eigenvalue weighted by molar-refractivity contribution is 0.423. The van der Waals surface area contributed by atoms with Crippen molar-refractivity contribution in [1.82, 2.24) is 15.2 Å². The van der Waals surface area contributed by atoms with E-state index < -0.39 is 0 Å². The van der Waals surface area contributed by atoms with Crippen LogP contribution in [0.15, 0.2) is 16.9 Å². The summed E-state index contributed by atoms with van der Waals surface area (Å²) in [6.45, 7) is 12.5. The lowest BCUT2D eigenvalue weighted by atomic mass is 9.78. The molecule has 1 aromatic carbocycles. The third-order valence-corrected chi connectivity index (χ3v) is 3.70. The quantitative estimate of drug-likeness (QED) is 0.792. The van der Waals surface area contributed by atoms with E-state index in [9.17, 15) is 9.90 Å². The lowest BCUT2D eigenvalue weighted by Gasteiger charge is -2.27. The van der Waals surface area contributed by atoms with Gasteiger partial charge in [-0.3, -0.25) is 4.98 Å². The Morgan fingerprint density at radius 3 is 1.91 bits per heavy atom. The highest BCUT2D eigenvalue weighted by Gasteiger charge is 2.26. The molecule has 23 heavy (non-hydrogen) atoms. The predicted octanol–water partition coefficient (Wildman–Crippen LogP) is 3.57. The molecule has 0 saturated carbocycles. The van der Waals surface area contributed by atoms with Crippen LogP contribution in [0.4, 0.5) is 0 Å². The Kier molecular flexibility index (Phi) is 4.24. The molecule has 0 saturated heterocycles. The number of hydrogen-bond donors (Lipinski definition) is 3. The van der Waals surface area contributed by atoms with Crippen LogP contribution < -0.4 is 5.69 Å². The molecule has 0 aliphatic rings. The van der Waals surface area contributed by atoms with Crippen LogP contribution in [0, 0.1) is 0 Å². The number of H-pyrrole nitrogens is 2. The van der Waals surface area contributed by atoms with Crippen molar-refractivity contribution in [3.63, 3.8) is 0 Å². The van der Waals surface area contributed by atoms with Gasteiger partial charge in [0.1, 0.15) is 5.75 Å². The SMILES string of the molecule is CC(C)(C)c1cc(/C=C/c2n[nH]c(=O)[nH]2)cc(C(C)(C)C)c1O. The zero-order chi connectivity index (χ0) is 17.4. The van der Waals surface area contributed by atoms with Crippen molar-refractivity contribution < 1.29 is 5.11 Å². The minimum atomic E-state index is -0.332. The van der Waals surface area contributed by atoms with Crippen LogP contribution in [0.5, 0.6) is 5.75 Å². The van der Waals surface area contributed by atoms with E-state index in [4.69, 9.17) is 0 Å². The standard InChI is InChI=1S/C18H25N3O2/c1-17(2,3)12-9-11(7-8-14-19-16(23)21-20-14)10-13(15(12)22)18(4,5)6/h7-10,22H,1-6H3,(H2,19,20,21,23)/b8-7+. The van der Waals surface area contributed by atoms with Gasteiger partial charge in [0.15, 0.2) is 5.82 Å². The van der Waals surface area contributed by atoms with Gasteiger partial charge in [0.25, 0.3) is 0 Å². The molecule has 0 bridgehead atoms. The third kappa shape index (κ3) is 3.92. The highest BCUT2D eigenvalue weighted by atomic mass is 16.3. The normalized spacial score (nSPS) is 13.0. The number of phenols is 1. The Morgan fingerprint density at radius 1 is 1.00 bits per heavy atom.